The molecule has 0 unspecified atom stereocenters. The van der Waals surface area contributed by atoms with Gasteiger partial charge in [0, 0.05) is 18.2 Å². The van der Waals surface area contributed by atoms with E-state index in [0.717, 1.165) is 17.7 Å². The van der Waals surface area contributed by atoms with Gasteiger partial charge in [0.25, 0.3) is 0 Å². The van der Waals surface area contributed by atoms with Gasteiger partial charge in [-0.15, -0.1) is 0 Å². The third kappa shape index (κ3) is 5.33. The standard InChI is InChI=1S/C19H23NO3/c1-3-22-17-12-11-16(14-18(17)23-4-2)20-19(21)13-10-15-8-6-5-7-9-15/h5-9,11-12,14H,3-4,10,13H2,1-2H3,(H,20,21). The van der Waals surface area contributed by atoms with E-state index in [4.69, 9.17) is 9.47 Å². The molecule has 23 heavy (non-hydrogen) atoms. The summed E-state index contributed by atoms with van der Waals surface area (Å²) in [7, 11) is 0. The van der Waals surface area contributed by atoms with E-state index in [2.05, 4.69) is 5.32 Å². The van der Waals surface area contributed by atoms with E-state index in [0.29, 0.717) is 31.1 Å². The summed E-state index contributed by atoms with van der Waals surface area (Å²) in [5, 5.41) is 2.91. The zero-order valence-corrected chi connectivity index (χ0v) is 13.7. The van der Waals surface area contributed by atoms with E-state index in [1.807, 2.05) is 56.3 Å². The van der Waals surface area contributed by atoms with Crippen LogP contribution in [0.25, 0.3) is 0 Å². The Hall–Kier alpha value is -2.49. The predicted octanol–water partition coefficient (Wildman–Crippen LogP) is 4.06. The fourth-order valence-corrected chi connectivity index (χ4v) is 2.25. The molecule has 0 saturated heterocycles. The van der Waals surface area contributed by atoms with Crippen molar-refractivity contribution < 1.29 is 14.3 Å². The zero-order chi connectivity index (χ0) is 16.5. The number of carbonyl (C=O) groups is 1. The van der Waals surface area contributed by atoms with Crippen molar-refractivity contribution in [3.05, 3.63) is 54.1 Å². The lowest BCUT2D eigenvalue weighted by Gasteiger charge is -2.13. The number of nitrogens with one attached hydrogen (secondary N) is 1. The SMILES string of the molecule is CCOc1ccc(NC(=O)CCc2ccccc2)cc1OCC. The molecule has 0 heterocycles. The predicted molar refractivity (Wildman–Crippen MR) is 92.2 cm³/mol. The monoisotopic (exact) mass is 313 g/mol. The molecule has 0 spiro atoms. The largest absolute Gasteiger partial charge is 0.490 e. The van der Waals surface area contributed by atoms with Gasteiger partial charge >= 0.3 is 0 Å². The minimum atomic E-state index is -0.0135. The highest BCUT2D eigenvalue weighted by atomic mass is 16.5. The Morgan fingerprint density at radius 2 is 1.65 bits per heavy atom. The van der Waals surface area contributed by atoms with Crippen molar-refractivity contribution in [3.8, 4) is 11.5 Å². The van der Waals surface area contributed by atoms with Crippen molar-refractivity contribution in [1.29, 1.82) is 0 Å². The highest BCUT2D eigenvalue weighted by Gasteiger charge is 2.08. The quantitative estimate of drug-likeness (QED) is 0.799. The number of benzene rings is 2. The van der Waals surface area contributed by atoms with Crippen LogP contribution in [0.15, 0.2) is 48.5 Å². The minimum Gasteiger partial charge on any atom is -0.490 e. The van der Waals surface area contributed by atoms with Crippen molar-refractivity contribution in [3.63, 3.8) is 0 Å². The second-order valence-electron chi connectivity index (χ2n) is 5.06. The molecule has 4 heteroatoms. The molecule has 0 aliphatic heterocycles. The van der Waals surface area contributed by atoms with Crippen molar-refractivity contribution in [1.82, 2.24) is 0 Å². The van der Waals surface area contributed by atoms with Crippen LogP contribution in [-0.4, -0.2) is 19.1 Å². The summed E-state index contributed by atoms with van der Waals surface area (Å²) in [6.45, 7) is 4.96. The molecular weight excluding hydrogens is 290 g/mol. The van der Waals surface area contributed by atoms with Gasteiger partial charge in [-0.2, -0.15) is 0 Å². The molecule has 0 aliphatic carbocycles. The maximum absolute atomic E-state index is 12.1. The van der Waals surface area contributed by atoms with Crippen molar-refractivity contribution >= 4 is 11.6 Å². The van der Waals surface area contributed by atoms with Crippen LogP contribution in [0.3, 0.4) is 0 Å². The van der Waals surface area contributed by atoms with Crippen LogP contribution in [0.2, 0.25) is 0 Å². The molecule has 2 aromatic carbocycles. The maximum Gasteiger partial charge on any atom is 0.224 e. The normalized spacial score (nSPS) is 10.2. The number of hydrogen-bond donors (Lipinski definition) is 1. The molecule has 0 fully saturated rings. The van der Waals surface area contributed by atoms with Gasteiger partial charge in [-0.3, -0.25) is 4.79 Å². The molecule has 0 saturated carbocycles. The Kier molecular flexibility index (Phi) is 6.48. The summed E-state index contributed by atoms with van der Waals surface area (Å²) in [5.41, 5.74) is 1.87. The number of amides is 1. The molecule has 0 aromatic heterocycles. The lowest BCUT2D eigenvalue weighted by molar-refractivity contribution is -0.116. The van der Waals surface area contributed by atoms with E-state index in [9.17, 15) is 4.79 Å². The second kappa shape index (κ2) is 8.83. The van der Waals surface area contributed by atoms with Crippen LogP contribution < -0.4 is 14.8 Å². The van der Waals surface area contributed by atoms with E-state index < -0.39 is 0 Å². The molecule has 0 aliphatic rings. The summed E-state index contributed by atoms with van der Waals surface area (Å²) in [5.74, 6) is 1.33. The van der Waals surface area contributed by atoms with Crippen LogP contribution in [0.1, 0.15) is 25.8 Å². The third-order valence-corrected chi connectivity index (χ3v) is 3.31. The Labute approximate surface area is 137 Å². The van der Waals surface area contributed by atoms with E-state index >= 15 is 0 Å². The van der Waals surface area contributed by atoms with Gasteiger partial charge in [0.15, 0.2) is 11.5 Å². The summed E-state index contributed by atoms with van der Waals surface area (Å²) >= 11 is 0. The van der Waals surface area contributed by atoms with Crippen molar-refractivity contribution in [2.75, 3.05) is 18.5 Å². The van der Waals surface area contributed by atoms with Gasteiger partial charge in [-0.25, -0.2) is 0 Å². The van der Waals surface area contributed by atoms with Crippen molar-refractivity contribution in [2.45, 2.75) is 26.7 Å². The molecule has 4 nitrogen and oxygen atoms in total. The van der Waals surface area contributed by atoms with E-state index in [1.54, 1.807) is 6.07 Å². The lowest BCUT2D eigenvalue weighted by Crippen LogP contribution is -2.12. The number of carbonyl (C=O) groups excluding carboxylic acids is 1. The minimum absolute atomic E-state index is 0.0135. The summed E-state index contributed by atoms with van der Waals surface area (Å²) in [6.07, 6.45) is 1.17. The smallest absolute Gasteiger partial charge is 0.224 e. The highest BCUT2D eigenvalue weighted by molar-refractivity contribution is 5.91. The zero-order valence-electron chi connectivity index (χ0n) is 13.7. The first-order valence-corrected chi connectivity index (χ1v) is 7.96. The first-order chi connectivity index (χ1) is 11.2. The lowest BCUT2D eigenvalue weighted by atomic mass is 10.1. The van der Waals surface area contributed by atoms with E-state index in [1.165, 1.54) is 0 Å². The number of anilines is 1. The van der Waals surface area contributed by atoms with Crippen LogP contribution >= 0.6 is 0 Å². The Bertz CT molecular complexity index is 626. The number of aryl methyl sites for hydroxylation is 1. The molecule has 0 radical (unpaired) electrons. The first kappa shape index (κ1) is 16.9. The fourth-order valence-electron chi connectivity index (χ4n) is 2.25. The van der Waals surface area contributed by atoms with Crippen LogP contribution in [0, 0.1) is 0 Å². The second-order valence-corrected chi connectivity index (χ2v) is 5.06. The average molecular weight is 313 g/mol. The summed E-state index contributed by atoms with van der Waals surface area (Å²) in [4.78, 5) is 12.1. The number of ether oxygens (including phenoxy) is 2. The summed E-state index contributed by atoms with van der Waals surface area (Å²) in [6, 6.07) is 15.4. The molecular formula is C19H23NO3. The van der Waals surface area contributed by atoms with Crippen LogP contribution in [0.4, 0.5) is 5.69 Å². The third-order valence-electron chi connectivity index (χ3n) is 3.31. The maximum atomic E-state index is 12.1. The Balaban J connectivity index is 1.96. The van der Waals surface area contributed by atoms with Gasteiger partial charge in [0.05, 0.1) is 13.2 Å². The van der Waals surface area contributed by atoms with Gasteiger partial charge in [0.2, 0.25) is 5.91 Å². The fraction of sp³-hybridized carbons (Fsp3) is 0.316. The van der Waals surface area contributed by atoms with Gasteiger partial charge < -0.3 is 14.8 Å². The number of hydrogen-bond acceptors (Lipinski definition) is 3. The number of rotatable bonds is 8. The van der Waals surface area contributed by atoms with Gasteiger partial charge in [-0.05, 0) is 38.0 Å². The molecule has 2 aromatic rings. The van der Waals surface area contributed by atoms with Crippen LogP contribution in [0.5, 0.6) is 11.5 Å². The molecule has 0 bridgehead atoms. The first-order valence-electron chi connectivity index (χ1n) is 7.96. The topological polar surface area (TPSA) is 47.6 Å². The highest BCUT2D eigenvalue weighted by Crippen LogP contribution is 2.30. The van der Waals surface area contributed by atoms with E-state index in [-0.39, 0.29) is 5.91 Å². The molecule has 2 rings (SSSR count). The molecule has 0 atom stereocenters. The average Bonchev–Trinajstić information content (AvgIpc) is 2.57. The van der Waals surface area contributed by atoms with Crippen LogP contribution in [-0.2, 0) is 11.2 Å². The summed E-state index contributed by atoms with van der Waals surface area (Å²) < 4.78 is 11.1. The molecule has 1 N–H and O–H groups in total. The molecule has 1 amide bonds. The molecule has 122 valence electrons. The van der Waals surface area contributed by atoms with Crippen molar-refractivity contribution in [2.24, 2.45) is 0 Å². The van der Waals surface area contributed by atoms with Gasteiger partial charge in [-0.1, -0.05) is 30.3 Å². The Morgan fingerprint density at radius 1 is 0.957 bits per heavy atom. The van der Waals surface area contributed by atoms with Gasteiger partial charge in [0.1, 0.15) is 0 Å². The Morgan fingerprint density at radius 3 is 2.35 bits per heavy atom.